The molecule has 8 nitrogen and oxygen atoms in total. The third kappa shape index (κ3) is 5.04. The lowest BCUT2D eigenvalue weighted by Crippen LogP contribution is -2.37. The summed E-state index contributed by atoms with van der Waals surface area (Å²) in [4.78, 5) is 24.3. The van der Waals surface area contributed by atoms with E-state index in [0.717, 1.165) is 66.4 Å². The van der Waals surface area contributed by atoms with Crippen molar-refractivity contribution in [1.82, 2.24) is 24.6 Å². The topological polar surface area (TPSA) is 83.8 Å². The molecule has 0 radical (unpaired) electrons. The number of piperidine rings is 1. The molecule has 1 aliphatic heterocycles. The number of likely N-dealkylation sites (tertiary alicyclic amines) is 1. The van der Waals surface area contributed by atoms with E-state index in [0.29, 0.717) is 17.3 Å². The van der Waals surface area contributed by atoms with Gasteiger partial charge in [0.25, 0.3) is 5.91 Å². The smallest absolute Gasteiger partial charge is 0.251 e. The minimum atomic E-state index is -0.0180. The second-order valence-electron chi connectivity index (χ2n) is 9.45. The third-order valence-corrected chi connectivity index (χ3v) is 6.94. The molecule has 5 rings (SSSR count). The number of carbonyl (C=O) groups excluding carboxylic acids is 1. The summed E-state index contributed by atoms with van der Waals surface area (Å²) in [7, 11) is 3.81. The van der Waals surface area contributed by atoms with Crippen LogP contribution < -0.4 is 15.4 Å². The molecule has 2 aromatic carbocycles. The van der Waals surface area contributed by atoms with E-state index in [1.54, 1.807) is 13.3 Å². The Bertz CT molecular complexity index is 1360. The van der Waals surface area contributed by atoms with E-state index in [1.807, 2.05) is 66.2 Å². The fourth-order valence-electron chi connectivity index (χ4n) is 4.71. The molecule has 1 fully saturated rings. The van der Waals surface area contributed by atoms with Gasteiger partial charge in [-0.25, -0.2) is 9.97 Å². The first-order valence-electron chi connectivity index (χ1n) is 12.3. The lowest BCUT2D eigenvalue weighted by molar-refractivity contribution is 0.0938. The normalized spacial score (nSPS) is 14.6. The summed E-state index contributed by atoms with van der Waals surface area (Å²) in [6.07, 6.45) is 7.75. The molecule has 36 heavy (non-hydrogen) atoms. The lowest BCUT2D eigenvalue weighted by Gasteiger charge is -2.29. The van der Waals surface area contributed by atoms with Crippen LogP contribution in [0.1, 0.15) is 28.8 Å². The standard InChI is InChI=1S/C28H32N6O2/c1-19-16-22(6-9-24(19)28(35)31-17-20-10-13-33(2)14-11-20)32-26-27-30-18-25(34(27)15-12-29-26)21-4-7-23(36-3)8-5-21/h4-9,12,15-16,18,20H,10-11,13-14,17H2,1-3H3,(H,29,32)(H,31,35). The number of rotatable bonds is 7. The number of amides is 1. The molecule has 1 aliphatic rings. The van der Waals surface area contributed by atoms with Gasteiger partial charge in [0, 0.05) is 35.8 Å². The Morgan fingerprint density at radius 2 is 1.89 bits per heavy atom. The van der Waals surface area contributed by atoms with Crippen molar-refractivity contribution in [2.45, 2.75) is 19.8 Å². The Labute approximate surface area is 211 Å². The highest BCUT2D eigenvalue weighted by atomic mass is 16.5. The zero-order valence-electron chi connectivity index (χ0n) is 21.0. The van der Waals surface area contributed by atoms with Gasteiger partial charge in [0.2, 0.25) is 0 Å². The highest BCUT2D eigenvalue weighted by Gasteiger charge is 2.18. The molecule has 1 saturated heterocycles. The van der Waals surface area contributed by atoms with E-state index in [4.69, 9.17) is 4.74 Å². The maximum atomic E-state index is 12.8. The Hall–Kier alpha value is -3.91. The summed E-state index contributed by atoms with van der Waals surface area (Å²) in [6, 6.07) is 13.6. The average Bonchev–Trinajstić information content (AvgIpc) is 3.33. The number of fused-ring (bicyclic) bond motifs is 1. The van der Waals surface area contributed by atoms with Gasteiger partial charge in [-0.1, -0.05) is 0 Å². The van der Waals surface area contributed by atoms with Gasteiger partial charge in [0.05, 0.1) is 19.0 Å². The van der Waals surface area contributed by atoms with Crippen LogP contribution in [0.15, 0.2) is 61.1 Å². The van der Waals surface area contributed by atoms with Crippen LogP contribution in [0.4, 0.5) is 11.5 Å². The number of ether oxygens (including phenoxy) is 1. The van der Waals surface area contributed by atoms with Crippen molar-refractivity contribution in [2.24, 2.45) is 5.92 Å². The molecule has 186 valence electrons. The van der Waals surface area contributed by atoms with E-state index < -0.39 is 0 Å². The van der Waals surface area contributed by atoms with Crippen molar-refractivity contribution in [1.29, 1.82) is 0 Å². The number of aryl methyl sites for hydroxylation is 1. The summed E-state index contributed by atoms with van der Waals surface area (Å²) in [6.45, 7) is 4.88. The average molecular weight is 485 g/mol. The number of nitrogens with zero attached hydrogens (tertiary/aromatic N) is 4. The molecule has 0 aliphatic carbocycles. The minimum Gasteiger partial charge on any atom is -0.497 e. The van der Waals surface area contributed by atoms with E-state index in [1.165, 1.54) is 0 Å². The molecule has 0 unspecified atom stereocenters. The molecule has 0 bridgehead atoms. The zero-order valence-corrected chi connectivity index (χ0v) is 21.0. The quantitative estimate of drug-likeness (QED) is 0.401. The third-order valence-electron chi connectivity index (χ3n) is 6.94. The summed E-state index contributed by atoms with van der Waals surface area (Å²) < 4.78 is 7.28. The number of imidazole rings is 1. The summed E-state index contributed by atoms with van der Waals surface area (Å²) in [5, 5.41) is 6.51. The first-order valence-corrected chi connectivity index (χ1v) is 12.3. The molecular weight excluding hydrogens is 452 g/mol. The molecule has 3 heterocycles. The summed E-state index contributed by atoms with van der Waals surface area (Å²) in [5.41, 5.74) is 5.19. The van der Waals surface area contributed by atoms with Crippen molar-refractivity contribution >= 4 is 23.1 Å². The van der Waals surface area contributed by atoms with E-state index in [-0.39, 0.29) is 5.91 Å². The number of benzene rings is 2. The van der Waals surface area contributed by atoms with Crippen LogP contribution in [0.3, 0.4) is 0 Å². The van der Waals surface area contributed by atoms with Gasteiger partial charge < -0.3 is 20.3 Å². The van der Waals surface area contributed by atoms with Crippen molar-refractivity contribution in [2.75, 3.05) is 39.1 Å². The molecule has 2 N–H and O–H groups in total. The number of carbonyl (C=O) groups is 1. The van der Waals surface area contributed by atoms with Crippen LogP contribution in [0.25, 0.3) is 16.9 Å². The first-order chi connectivity index (χ1) is 17.5. The van der Waals surface area contributed by atoms with Crippen molar-refractivity contribution in [3.05, 3.63) is 72.2 Å². The molecule has 2 aromatic heterocycles. The predicted molar refractivity (Wildman–Crippen MR) is 142 cm³/mol. The van der Waals surface area contributed by atoms with Gasteiger partial charge in [0.1, 0.15) is 5.75 Å². The van der Waals surface area contributed by atoms with Gasteiger partial charge in [-0.05, 0) is 93.8 Å². The molecule has 0 spiro atoms. The number of anilines is 2. The SMILES string of the molecule is COc1ccc(-c2cnc3c(Nc4ccc(C(=O)NCC5CCN(C)CC5)c(C)c4)nccn23)cc1. The van der Waals surface area contributed by atoms with Gasteiger partial charge in [-0.2, -0.15) is 0 Å². The Balaban J connectivity index is 1.29. The van der Waals surface area contributed by atoms with Crippen LogP contribution in [-0.2, 0) is 0 Å². The predicted octanol–water partition coefficient (Wildman–Crippen LogP) is 4.53. The van der Waals surface area contributed by atoms with Gasteiger partial charge in [-0.3, -0.25) is 9.20 Å². The van der Waals surface area contributed by atoms with E-state index in [2.05, 4.69) is 32.5 Å². The minimum absolute atomic E-state index is 0.0180. The molecule has 8 heteroatoms. The van der Waals surface area contributed by atoms with Crippen LogP contribution in [0.2, 0.25) is 0 Å². The zero-order chi connectivity index (χ0) is 25.1. The van der Waals surface area contributed by atoms with Gasteiger partial charge in [0.15, 0.2) is 11.5 Å². The number of hydrogen-bond donors (Lipinski definition) is 2. The Morgan fingerprint density at radius 1 is 1.11 bits per heavy atom. The maximum absolute atomic E-state index is 12.8. The number of nitrogens with one attached hydrogen (secondary N) is 2. The van der Waals surface area contributed by atoms with Gasteiger partial charge in [-0.15, -0.1) is 0 Å². The fourth-order valence-corrected chi connectivity index (χ4v) is 4.71. The van der Waals surface area contributed by atoms with Crippen LogP contribution in [0.5, 0.6) is 5.75 Å². The highest BCUT2D eigenvalue weighted by molar-refractivity contribution is 5.96. The maximum Gasteiger partial charge on any atom is 0.251 e. The fraction of sp³-hybridized carbons (Fsp3) is 0.321. The van der Waals surface area contributed by atoms with Crippen molar-refractivity contribution in [3.8, 4) is 17.0 Å². The number of methoxy groups -OCH3 is 1. The molecule has 0 atom stereocenters. The molecule has 0 saturated carbocycles. The Morgan fingerprint density at radius 3 is 2.61 bits per heavy atom. The second kappa shape index (κ2) is 10.4. The van der Waals surface area contributed by atoms with Crippen LogP contribution in [-0.4, -0.2) is 59.0 Å². The highest BCUT2D eigenvalue weighted by Crippen LogP contribution is 2.27. The summed E-state index contributed by atoms with van der Waals surface area (Å²) >= 11 is 0. The molecule has 1 amide bonds. The number of hydrogen-bond acceptors (Lipinski definition) is 6. The molecule has 4 aromatic rings. The van der Waals surface area contributed by atoms with Crippen molar-refractivity contribution in [3.63, 3.8) is 0 Å². The van der Waals surface area contributed by atoms with Crippen LogP contribution in [0, 0.1) is 12.8 Å². The van der Waals surface area contributed by atoms with E-state index in [9.17, 15) is 4.79 Å². The lowest BCUT2D eigenvalue weighted by atomic mass is 9.97. The largest absolute Gasteiger partial charge is 0.497 e. The Kier molecular flexibility index (Phi) is 6.86. The monoisotopic (exact) mass is 484 g/mol. The molecular formula is C28H32N6O2. The van der Waals surface area contributed by atoms with Crippen molar-refractivity contribution < 1.29 is 9.53 Å². The van der Waals surface area contributed by atoms with Gasteiger partial charge >= 0.3 is 0 Å². The van der Waals surface area contributed by atoms with Crippen LogP contribution >= 0.6 is 0 Å². The number of aromatic nitrogens is 3. The summed E-state index contributed by atoms with van der Waals surface area (Å²) in [5.74, 6) is 1.99. The van der Waals surface area contributed by atoms with E-state index >= 15 is 0 Å². The second-order valence-corrected chi connectivity index (χ2v) is 9.45. The first kappa shape index (κ1) is 23.8.